The fraction of sp³-hybridized carbons (Fsp3) is 0.0741. The fourth-order valence-corrected chi connectivity index (χ4v) is 5.11. The normalized spacial score (nSPS) is 13.2. The van der Waals surface area contributed by atoms with Gasteiger partial charge in [-0.05, 0) is 30.3 Å². The van der Waals surface area contributed by atoms with Gasteiger partial charge < -0.3 is 19.3 Å². The van der Waals surface area contributed by atoms with Gasteiger partial charge in [-0.25, -0.2) is 4.98 Å². The molecule has 5 aromatic rings. The van der Waals surface area contributed by atoms with Crippen molar-refractivity contribution in [2.45, 2.75) is 0 Å². The number of nitrogens with zero attached hydrogens (tertiary/aromatic N) is 3. The Morgan fingerprint density at radius 2 is 1.67 bits per heavy atom. The number of anilines is 1. The van der Waals surface area contributed by atoms with Crippen LogP contribution in [0, 0.1) is 0 Å². The van der Waals surface area contributed by atoms with Gasteiger partial charge >= 0.3 is 0 Å². The number of fused-ring (bicyclic) bond motifs is 3. The summed E-state index contributed by atoms with van der Waals surface area (Å²) in [5, 5.41) is 2.44. The second-order valence-corrected chi connectivity index (χ2v) is 8.98. The molecule has 1 aliphatic heterocycles. The van der Waals surface area contributed by atoms with Crippen LogP contribution in [0.5, 0.6) is 23.1 Å². The quantitative estimate of drug-likeness (QED) is 0.282. The Morgan fingerprint density at radius 1 is 0.818 bits per heavy atom. The van der Waals surface area contributed by atoms with E-state index in [1.165, 1.54) is 15.5 Å². The van der Waals surface area contributed by atoms with E-state index in [2.05, 4.69) is 70.6 Å². The monoisotopic (exact) mass is 451 g/mol. The standard InChI is InChI=1S/C27H21N3O2S/c1-29-13-14-30(18-29)19-15-23-22-9-2-3-10-25(22)33-27(23)24(16-19)31-20-7-6-8-21(17-20)32-26-11-4-5-12-28-26/h2-17H,18H2,1H3. The molecule has 3 heterocycles. The third-order valence-electron chi connectivity index (χ3n) is 5.53. The molecular weight excluding hydrogens is 430 g/mol. The third kappa shape index (κ3) is 3.85. The lowest BCUT2D eigenvalue weighted by Gasteiger charge is -2.19. The molecule has 0 N–H and O–H groups in total. The zero-order chi connectivity index (χ0) is 22.2. The molecule has 0 radical (unpaired) electrons. The lowest BCUT2D eigenvalue weighted by Crippen LogP contribution is -2.21. The molecule has 0 saturated carbocycles. The molecule has 33 heavy (non-hydrogen) atoms. The highest BCUT2D eigenvalue weighted by Gasteiger charge is 2.17. The molecule has 162 valence electrons. The van der Waals surface area contributed by atoms with Gasteiger partial charge in [-0.3, -0.25) is 0 Å². The zero-order valence-electron chi connectivity index (χ0n) is 18.0. The van der Waals surface area contributed by atoms with Crippen LogP contribution in [0.3, 0.4) is 0 Å². The van der Waals surface area contributed by atoms with Crippen LogP contribution in [-0.4, -0.2) is 23.6 Å². The average molecular weight is 452 g/mol. The number of ether oxygens (including phenoxy) is 2. The number of thiophene rings is 1. The first-order valence-corrected chi connectivity index (χ1v) is 11.5. The highest BCUT2D eigenvalue weighted by molar-refractivity contribution is 7.26. The van der Waals surface area contributed by atoms with Crippen molar-refractivity contribution < 1.29 is 9.47 Å². The minimum atomic E-state index is 0.550. The van der Waals surface area contributed by atoms with Crippen molar-refractivity contribution in [1.29, 1.82) is 0 Å². The van der Waals surface area contributed by atoms with Crippen LogP contribution in [0.15, 0.2) is 97.5 Å². The summed E-state index contributed by atoms with van der Waals surface area (Å²) in [5.74, 6) is 2.78. The summed E-state index contributed by atoms with van der Waals surface area (Å²) < 4.78 is 14.7. The molecule has 0 saturated heterocycles. The van der Waals surface area contributed by atoms with Gasteiger partial charge in [0.05, 0.1) is 11.4 Å². The largest absolute Gasteiger partial charge is 0.456 e. The van der Waals surface area contributed by atoms with E-state index in [1.54, 1.807) is 17.5 Å². The van der Waals surface area contributed by atoms with Gasteiger partial charge in [-0.1, -0.05) is 30.3 Å². The smallest absolute Gasteiger partial charge is 0.219 e. The van der Waals surface area contributed by atoms with Gasteiger partial charge in [-0.2, -0.15) is 0 Å². The Balaban J connectivity index is 1.41. The molecule has 3 aromatic carbocycles. The lowest BCUT2D eigenvalue weighted by atomic mass is 10.1. The average Bonchev–Trinajstić information content (AvgIpc) is 3.44. The van der Waals surface area contributed by atoms with E-state index in [-0.39, 0.29) is 0 Å². The molecule has 6 rings (SSSR count). The summed E-state index contributed by atoms with van der Waals surface area (Å²) in [5.41, 5.74) is 1.10. The molecule has 0 unspecified atom stereocenters. The van der Waals surface area contributed by atoms with E-state index in [0.29, 0.717) is 17.4 Å². The molecule has 1 aliphatic rings. The van der Waals surface area contributed by atoms with E-state index in [1.807, 2.05) is 42.5 Å². The van der Waals surface area contributed by atoms with Crippen LogP contribution < -0.4 is 14.4 Å². The lowest BCUT2D eigenvalue weighted by molar-refractivity contribution is 0.450. The van der Waals surface area contributed by atoms with Crippen LogP contribution >= 0.6 is 11.3 Å². The Labute approximate surface area is 195 Å². The molecule has 0 fully saturated rings. The van der Waals surface area contributed by atoms with Crippen LogP contribution in [-0.2, 0) is 0 Å². The van der Waals surface area contributed by atoms with Crippen molar-refractivity contribution in [3.05, 3.63) is 97.5 Å². The number of hydrogen-bond donors (Lipinski definition) is 0. The molecule has 2 aromatic heterocycles. The van der Waals surface area contributed by atoms with Crippen LogP contribution in [0.2, 0.25) is 0 Å². The summed E-state index contributed by atoms with van der Waals surface area (Å²) in [7, 11) is 2.07. The second kappa shape index (κ2) is 8.15. The molecule has 6 heteroatoms. The topological polar surface area (TPSA) is 37.8 Å². The van der Waals surface area contributed by atoms with E-state index >= 15 is 0 Å². The van der Waals surface area contributed by atoms with E-state index in [0.717, 1.165) is 22.8 Å². The SMILES string of the molecule is CN1C=CN(c2cc(Oc3cccc(Oc4ccccn4)c3)c3sc4ccccc4c3c2)C1. The predicted octanol–water partition coefficient (Wildman–Crippen LogP) is 7.21. The molecule has 0 bridgehead atoms. The Morgan fingerprint density at radius 3 is 2.48 bits per heavy atom. The van der Waals surface area contributed by atoms with Crippen molar-refractivity contribution in [2.24, 2.45) is 0 Å². The third-order valence-corrected chi connectivity index (χ3v) is 6.73. The predicted molar refractivity (Wildman–Crippen MR) is 134 cm³/mol. The van der Waals surface area contributed by atoms with Gasteiger partial charge in [0.15, 0.2) is 0 Å². The van der Waals surface area contributed by atoms with Gasteiger partial charge in [0.1, 0.15) is 17.2 Å². The molecule has 0 amide bonds. The second-order valence-electron chi connectivity index (χ2n) is 7.93. The number of rotatable bonds is 5. The van der Waals surface area contributed by atoms with Crippen LogP contribution in [0.1, 0.15) is 0 Å². The number of benzene rings is 3. The minimum Gasteiger partial charge on any atom is -0.456 e. The van der Waals surface area contributed by atoms with E-state index in [9.17, 15) is 0 Å². The van der Waals surface area contributed by atoms with Gasteiger partial charge in [0.2, 0.25) is 5.88 Å². The highest BCUT2D eigenvalue weighted by atomic mass is 32.1. The van der Waals surface area contributed by atoms with Gasteiger partial charge in [0, 0.05) is 65.0 Å². The maximum atomic E-state index is 6.47. The van der Waals surface area contributed by atoms with Crippen molar-refractivity contribution in [3.63, 3.8) is 0 Å². The minimum absolute atomic E-state index is 0.550. The van der Waals surface area contributed by atoms with Crippen molar-refractivity contribution in [2.75, 3.05) is 18.6 Å². The van der Waals surface area contributed by atoms with E-state index in [4.69, 9.17) is 9.47 Å². The summed E-state index contributed by atoms with van der Waals surface area (Å²) >= 11 is 1.75. The first-order valence-electron chi connectivity index (χ1n) is 10.7. The van der Waals surface area contributed by atoms with Crippen molar-refractivity contribution in [1.82, 2.24) is 9.88 Å². The number of aromatic nitrogens is 1. The van der Waals surface area contributed by atoms with Crippen LogP contribution in [0.25, 0.3) is 20.2 Å². The van der Waals surface area contributed by atoms with Crippen molar-refractivity contribution in [3.8, 4) is 23.1 Å². The number of hydrogen-bond acceptors (Lipinski definition) is 6. The Bertz CT molecular complexity index is 1480. The summed E-state index contributed by atoms with van der Waals surface area (Å²) in [4.78, 5) is 8.61. The summed E-state index contributed by atoms with van der Waals surface area (Å²) in [6.45, 7) is 0.806. The maximum absolute atomic E-state index is 6.47. The first kappa shape index (κ1) is 19.6. The Kier molecular flexibility index (Phi) is 4.85. The molecule has 0 aliphatic carbocycles. The summed E-state index contributed by atoms with van der Waals surface area (Å²) in [6, 6.07) is 26.1. The zero-order valence-corrected chi connectivity index (χ0v) is 18.8. The van der Waals surface area contributed by atoms with Gasteiger partial charge in [-0.15, -0.1) is 11.3 Å². The highest BCUT2D eigenvalue weighted by Crippen LogP contribution is 2.44. The summed E-state index contributed by atoms with van der Waals surface area (Å²) in [6.07, 6.45) is 5.89. The molecule has 0 spiro atoms. The molecular formula is C27H21N3O2S. The first-order chi connectivity index (χ1) is 16.2. The number of pyridine rings is 1. The van der Waals surface area contributed by atoms with Gasteiger partial charge in [0.25, 0.3) is 0 Å². The van der Waals surface area contributed by atoms with Crippen molar-refractivity contribution >= 4 is 37.2 Å². The van der Waals surface area contributed by atoms with Crippen LogP contribution in [0.4, 0.5) is 5.69 Å². The Hall–Kier alpha value is -4.03. The maximum Gasteiger partial charge on any atom is 0.219 e. The fourth-order valence-electron chi connectivity index (χ4n) is 3.98. The molecule has 5 nitrogen and oxygen atoms in total. The van der Waals surface area contributed by atoms with E-state index < -0.39 is 0 Å². The molecule has 0 atom stereocenters.